The summed E-state index contributed by atoms with van der Waals surface area (Å²) in [5.74, 6) is -2.60. The van der Waals surface area contributed by atoms with Crippen LogP contribution >= 0.6 is 11.8 Å². The number of morpholine rings is 1. The van der Waals surface area contributed by atoms with Gasteiger partial charge in [-0.1, -0.05) is 23.9 Å². The van der Waals surface area contributed by atoms with Crippen LogP contribution in [0, 0.1) is 0 Å². The summed E-state index contributed by atoms with van der Waals surface area (Å²) in [6, 6.07) is 14.5. The average Bonchev–Trinajstić information content (AvgIpc) is 2.69. The lowest BCUT2D eigenvalue weighted by Crippen LogP contribution is -2.36. The molecule has 144 valence electrons. The zero-order chi connectivity index (χ0) is 19.2. The van der Waals surface area contributed by atoms with Crippen molar-refractivity contribution >= 4 is 23.4 Å². The maximum absolute atomic E-state index is 12.5. The number of anilines is 1. The molecule has 0 saturated carbocycles. The number of hydrogen-bond acceptors (Lipinski definition) is 4. The van der Waals surface area contributed by atoms with E-state index in [4.69, 9.17) is 4.74 Å². The summed E-state index contributed by atoms with van der Waals surface area (Å²) in [6.45, 7) is 3.74. The molecular weight excluding hydrogens is 370 g/mol. The van der Waals surface area contributed by atoms with Gasteiger partial charge in [-0.15, -0.1) is 0 Å². The maximum atomic E-state index is 12.5. The molecule has 7 heteroatoms. The van der Waals surface area contributed by atoms with Crippen molar-refractivity contribution in [2.45, 2.75) is 17.2 Å². The number of halogens is 2. The highest BCUT2D eigenvalue weighted by molar-refractivity contribution is 7.99. The van der Waals surface area contributed by atoms with E-state index in [9.17, 15) is 13.6 Å². The van der Waals surface area contributed by atoms with E-state index in [1.165, 1.54) is 0 Å². The van der Waals surface area contributed by atoms with E-state index in [1.54, 1.807) is 36.2 Å². The lowest BCUT2D eigenvalue weighted by Gasteiger charge is -2.29. The van der Waals surface area contributed by atoms with Crippen molar-refractivity contribution in [1.29, 1.82) is 0 Å². The summed E-state index contributed by atoms with van der Waals surface area (Å²) >= 11 is 0.473. The van der Waals surface area contributed by atoms with Crippen molar-refractivity contribution in [2.24, 2.45) is 0 Å². The van der Waals surface area contributed by atoms with Gasteiger partial charge in [0.1, 0.15) is 0 Å². The normalized spacial score (nSPS) is 14.4. The molecule has 0 aliphatic carbocycles. The highest BCUT2D eigenvalue weighted by Crippen LogP contribution is 2.25. The molecule has 1 aliphatic heterocycles. The first-order valence-electron chi connectivity index (χ1n) is 8.75. The number of carbonyl (C=O) groups excluding carboxylic acids is 1. The minimum atomic E-state index is -2.46. The second kappa shape index (κ2) is 9.19. The van der Waals surface area contributed by atoms with Crippen molar-refractivity contribution in [3.05, 3.63) is 59.7 Å². The number of ether oxygens (including phenoxy) is 1. The van der Waals surface area contributed by atoms with Gasteiger partial charge in [-0.2, -0.15) is 8.78 Å². The third kappa shape index (κ3) is 5.43. The van der Waals surface area contributed by atoms with Gasteiger partial charge in [0, 0.05) is 42.8 Å². The van der Waals surface area contributed by atoms with E-state index < -0.39 is 5.76 Å². The number of benzene rings is 2. The van der Waals surface area contributed by atoms with Crippen LogP contribution in [0.2, 0.25) is 0 Å². The first-order valence-corrected chi connectivity index (χ1v) is 9.63. The molecule has 0 atom stereocenters. The zero-order valence-electron chi connectivity index (χ0n) is 15.1. The van der Waals surface area contributed by atoms with E-state index in [-0.39, 0.29) is 5.91 Å². The molecule has 1 aliphatic rings. The summed E-state index contributed by atoms with van der Waals surface area (Å²) in [5.41, 5.74) is 2.68. The standard InChI is InChI=1S/C20H22F2N2O2S/c1-23(19(25)16-4-8-18(9-5-16)27-20(21)22)14-15-2-6-17(7-3-15)24-10-12-26-13-11-24/h2-9,20H,10-14H2,1H3. The topological polar surface area (TPSA) is 32.8 Å². The van der Waals surface area contributed by atoms with Gasteiger partial charge in [0.05, 0.1) is 13.2 Å². The largest absolute Gasteiger partial charge is 0.378 e. The Labute approximate surface area is 162 Å². The summed E-state index contributed by atoms with van der Waals surface area (Å²) in [7, 11) is 1.74. The van der Waals surface area contributed by atoms with Gasteiger partial charge in [-0.05, 0) is 42.0 Å². The van der Waals surface area contributed by atoms with Crippen molar-refractivity contribution in [3.8, 4) is 0 Å². The van der Waals surface area contributed by atoms with Crippen LogP contribution in [-0.4, -0.2) is 49.9 Å². The van der Waals surface area contributed by atoms with Crippen LogP contribution in [0.3, 0.4) is 0 Å². The Bertz CT molecular complexity index is 748. The van der Waals surface area contributed by atoms with Gasteiger partial charge in [0.15, 0.2) is 0 Å². The maximum Gasteiger partial charge on any atom is 0.288 e. The van der Waals surface area contributed by atoms with Crippen LogP contribution in [0.25, 0.3) is 0 Å². The Kier molecular flexibility index (Phi) is 6.68. The Balaban J connectivity index is 1.59. The van der Waals surface area contributed by atoms with Gasteiger partial charge in [0.25, 0.3) is 11.7 Å². The monoisotopic (exact) mass is 392 g/mol. The molecule has 1 heterocycles. The predicted molar refractivity (Wildman–Crippen MR) is 104 cm³/mol. The number of nitrogens with zero attached hydrogens (tertiary/aromatic N) is 2. The van der Waals surface area contributed by atoms with Crippen LogP contribution in [0.4, 0.5) is 14.5 Å². The Morgan fingerprint density at radius 2 is 1.74 bits per heavy atom. The number of carbonyl (C=O) groups is 1. The van der Waals surface area contributed by atoms with E-state index in [2.05, 4.69) is 17.0 Å². The van der Waals surface area contributed by atoms with Gasteiger partial charge < -0.3 is 14.5 Å². The molecule has 0 unspecified atom stereocenters. The fourth-order valence-corrected chi connectivity index (χ4v) is 3.48. The van der Waals surface area contributed by atoms with Crippen molar-refractivity contribution in [2.75, 3.05) is 38.3 Å². The molecule has 3 rings (SSSR count). The Morgan fingerprint density at radius 1 is 1.11 bits per heavy atom. The van der Waals surface area contributed by atoms with E-state index in [0.29, 0.717) is 28.8 Å². The molecule has 0 N–H and O–H groups in total. The number of alkyl halides is 2. The molecule has 0 radical (unpaired) electrons. The van der Waals surface area contributed by atoms with Gasteiger partial charge in [-0.25, -0.2) is 0 Å². The first kappa shape index (κ1) is 19.6. The summed E-state index contributed by atoms with van der Waals surface area (Å²) < 4.78 is 30.1. The van der Waals surface area contributed by atoms with E-state index in [1.807, 2.05) is 12.1 Å². The van der Waals surface area contributed by atoms with Crippen LogP contribution in [-0.2, 0) is 11.3 Å². The molecule has 1 amide bonds. The summed E-state index contributed by atoms with van der Waals surface area (Å²) in [6.07, 6.45) is 0. The van der Waals surface area contributed by atoms with E-state index >= 15 is 0 Å². The third-order valence-corrected chi connectivity index (χ3v) is 5.13. The fourth-order valence-electron chi connectivity index (χ4n) is 2.98. The molecular formula is C20H22F2N2O2S. The molecule has 2 aromatic carbocycles. The third-order valence-electron chi connectivity index (χ3n) is 4.41. The quantitative estimate of drug-likeness (QED) is 0.693. The predicted octanol–water partition coefficient (Wildman–Crippen LogP) is 4.11. The smallest absolute Gasteiger partial charge is 0.288 e. The van der Waals surface area contributed by atoms with Crippen LogP contribution in [0.1, 0.15) is 15.9 Å². The lowest BCUT2D eigenvalue weighted by molar-refractivity contribution is 0.0785. The summed E-state index contributed by atoms with van der Waals surface area (Å²) in [5, 5.41) is 0. The summed E-state index contributed by atoms with van der Waals surface area (Å²) in [4.78, 5) is 16.9. The molecule has 27 heavy (non-hydrogen) atoms. The minimum Gasteiger partial charge on any atom is -0.378 e. The molecule has 0 aromatic heterocycles. The highest BCUT2D eigenvalue weighted by Gasteiger charge is 2.14. The fraction of sp³-hybridized carbons (Fsp3) is 0.350. The van der Waals surface area contributed by atoms with Crippen LogP contribution < -0.4 is 4.90 Å². The molecule has 0 bridgehead atoms. The lowest BCUT2D eigenvalue weighted by atomic mass is 10.1. The second-order valence-electron chi connectivity index (χ2n) is 6.33. The molecule has 4 nitrogen and oxygen atoms in total. The number of hydrogen-bond donors (Lipinski definition) is 0. The number of rotatable bonds is 6. The Hall–Kier alpha value is -2.12. The molecule has 1 saturated heterocycles. The highest BCUT2D eigenvalue weighted by atomic mass is 32.2. The minimum absolute atomic E-state index is 0.138. The van der Waals surface area contributed by atoms with Gasteiger partial charge in [-0.3, -0.25) is 4.79 Å². The van der Waals surface area contributed by atoms with Crippen molar-refractivity contribution in [1.82, 2.24) is 4.90 Å². The first-order chi connectivity index (χ1) is 13.0. The molecule has 1 fully saturated rings. The average molecular weight is 392 g/mol. The number of amides is 1. The van der Waals surface area contributed by atoms with Crippen LogP contribution in [0.15, 0.2) is 53.4 Å². The van der Waals surface area contributed by atoms with Crippen LogP contribution in [0.5, 0.6) is 0 Å². The molecule has 0 spiro atoms. The second-order valence-corrected chi connectivity index (χ2v) is 7.39. The SMILES string of the molecule is CN(Cc1ccc(N2CCOCC2)cc1)C(=O)c1ccc(SC(F)F)cc1. The Morgan fingerprint density at radius 3 is 2.33 bits per heavy atom. The van der Waals surface area contributed by atoms with Gasteiger partial charge in [0.2, 0.25) is 0 Å². The van der Waals surface area contributed by atoms with E-state index in [0.717, 1.165) is 37.6 Å². The van der Waals surface area contributed by atoms with Crippen molar-refractivity contribution < 1.29 is 18.3 Å². The number of thioether (sulfide) groups is 1. The van der Waals surface area contributed by atoms with Crippen molar-refractivity contribution in [3.63, 3.8) is 0 Å². The molecule has 2 aromatic rings. The zero-order valence-corrected chi connectivity index (χ0v) is 15.9. The van der Waals surface area contributed by atoms with Gasteiger partial charge >= 0.3 is 0 Å².